The van der Waals surface area contributed by atoms with E-state index in [2.05, 4.69) is 47.1 Å². The van der Waals surface area contributed by atoms with Crippen LogP contribution in [0.4, 0.5) is 5.82 Å². The molecule has 5 aliphatic rings. The molecule has 2 bridgehead atoms. The Hall–Kier alpha value is -5.83. The Morgan fingerprint density at radius 3 is 2.57 bits per heavy atom. The fourth-order valence-electron chi connectivity index (χ4n) is 9.16. The molecule has 3 amide bonds. The van der Waals surface area contributed by atoms with Crippen molar-refractivity contribution in [3.8, 4) is 11.8 Å². The smallest absolute Gasteiger partial charge is 0.329 e. The lowest BCUT2D eigenvalue weighted by Crippen LogP contribution is -2.48. The van der Waals surface area contributed by atoms with Crippen LogP contribution in [0.25, 0.3) is 16.6 Å². The molecule has 5 fully saturated rings. The molecule has 3 aromatic rings. The SMILES string of the molecule is CC(N)=C(C=NC1CCC(CN2CCN(CC#Cc3cccc4c3n(C)c(=O)n4C3CCC(=O)NC3=O)CC2)CC1)NC(=O)C(=CN)c1nccc(N2C[C@H]3C[C@@H]2CO3)n1. The van der Waals surface area contributed by atoms with E-state index in [0.29, 0.717) is 41.5 Å². The number of aliphatic imine (C=N–C) groups is 1. The Morgan fingerprint density at radius 2 is 1.87 bits per heavy atom. The number of carbonyl (C=O) groups is 3. The Balaban J connectivity index is 0.788. The maximum Gasteiger partial charge on any atom is 0.329 e. The number of piperidine rings is 1. The highest BCUT2D eigenvalue weighted by Gasteiger charge is 2.40. The van der Waals surface area contributed by atoms with Gasteiger partial charge in [0.15, 0.2) is 5.82 Å². The summed E-state index contributed by atoms with van der Waals surface area (Å²) in [5.41, 5.74) is 14.9. The third-order valence-corrected chi connectivity index (χ3v) is 12.5. The van der Waals surface area contributed by atoms with E-state index in [-0.39, 0.29) is 54.0 Å². The first-order chi connectivity index (χ1) is 29.1. The zero-order valence-electron chi connectivity index (χ0n) is 34.3. The van der Waals surface area contributed by atoms with E-state index in [0.717, 1.165) is 82.8 Å². The third-order valence-electron chi connectivity index (χ3n) is 12.5. The largest absolute Gasteiger partial charge is 0.404 e. The summed E-state index contributed by atoms with van der Waals surface area (Å²) in [5, 5.41) is 5.25. The average molecular weight is 819 g/mol. The fourth-order valence-corrected chi connectivity index (χ4v) is 9.16. The Morgan fingerprint density at radius 1 is 1.08 bits per heavy atom. The van der Waals surface area contributed by atoms with Crippen molar-refractivity contribution in [1.29, 1.82) is 0 Å². The number of nitrogens with two attached hydrogens (primary N) is 2. The molecule has 1 unspecified atom stereocenters. The second kappa shape index (κ2) is 17.8. The van der Waals surface area contributed by atoms with Gasteiger partial charge in [0.1, 0.15) is 11.9 Å². The molecule has 8 rings (SSSR count). The van der Waals surface area contributed by atoms with Crippen molar-refractivity contribution < 1.29 is 19.1 Å². The molecule has 6 heterocycles. The van der Waals surface area contributed by atoms with Gasteiger partial charge in [-0.15, -0.1) is 0 Å². The summed E-state index contributed by atoms with van der Waals surface area (Å²) in [6, 6.07) is 7.12. The van der Waals surface area contributed by atoms with Crippen LogP contribution in [-0.2, 0) is 26.2 Å². The molecule has 4 saturated heterocycles. The van der Waals surface area contributed by atoms with E-state index in [1.54, 1.807) is 30.9 Å². The number of fused-ring (bicyclic) bond motifs is 3. The lowest BCUT2D eigenvalue weighted by atomic mass is 9.86. The number of carbonyl (C=O) groups excluding carboxylic acids is 3. The molecular weight excluding hydrogens is 765 g/mol. The number of amides is 3. The Bertz CT molecular complexity index is 2350. The zero-order valence-corrected chi connectivity index (χ0v) is 34.3. The second-order valence-corrected chi connectivity index (χ2v) is 16.5. The number of rotatable bonds is 10. The molecule has 17 heteroatoms. The number of nitrogens with one attached hydrogen (secondary N) is 2. The van der Waals surface area contributed by atoms with Crippen molar-refractivity contribution in [3.05, 3.63) is 69.9 Å². The van der Waals surface area contributed by atoms with Crippen LogP contribution in [0.5, 0.6) is 0 Å². The molecule has 0 radical (unpaired) electrons. The van der Waals surface area contributed by atoms with Gasteiger partial charge in [-0.25, -0.2) is 14.8 Å². The maximum atomic E-state index is 13.4. The fraction of sp³-hybridized carbons (Fsp3) is 0.512. The number of imidazole rings is 1. The average Bonchev–Trinajstić information content (AvgIpc) is 3.95. The summed E-state index contributed by atoms with van der Waals surface area (Å²) in [6.45, 7) is 8.66. The highest BCUT2D eigenvalue weighted by molar-refractivity contribution is 6.19. The molecule has 17 nitrogen and oxygen atoms in total. The number of imide groups is 1. The van der Waals surface area contributed by atoms with Crippen LogP contribution in [-0.4, -0.2) is 123 Å². The van der Waals surface area contributed by atoms with E-state index in [9.17, 15) is 19.2 Å². The molecule has 3 atom stereocenters. The number of piperazine rings is 1. The number of aromatic nitrogens is 4. The van der Waals surface area contributed by atoms with Crippen LogP contribution in [0.15, 0.2) is 57.8 Å². The molecule has 6 N–H and O–H groups in total. The first-order valence-electron chi connectivity index (χ1n) is 21.0. The quantitative estimate of drug-likeness (QED) is 0.0977. The van der Waals surface area contributed by atoms with Crippen molar-refractivity contribution in [1.82, 2.24) is 39.5 Å². The van der Waals surface area contributed by atoms with Gasteiger partial charge in [-0.3, -0.25) is 38.7 Å². The summed E-state index contributed by atoms with van der Waals surface area (Å²) in [4.78, 5) is 72.0. The van der Waals surface area contributed by atoms with Gasteiger partial charge in [-0.05, 0) is 69.6 Å². The first kappa shape index (κ1) is 40.9. The number of ether oxygens (including phenoxy) is 1. The number of allylic oxidation sites excluding steroid dienone is 2. The molecule has 316 valence electrons. The van der Waals surface area contributed by atoms with Crippen molar-refractivity contribution in [2.75, 3.05) is 57.3 Å². The van der Waals surface area contributed by atoms with Crippen LogP contribution in [0, 0.1) is 17.8 Å². The van der Waals surface area contributed by atoms with Gasteiger partial charge in [0.2, 0.25) is 11.8 Å². The number of hydrogen-bond acceptors (Lipinski definition) is 13. The van der Waals surface area contributed by atoms with Crippen molar-refractivity contribution in [2.24, 2.45) is 29.4 Å². The minimum absolute atomic E-state index is 0.150. The summed E-state index contributed by atoms with van der Waals surface area (Å²) >= 11 is 0. The van der Waals surface area contributed by atoms with Gasteiger partial charge in [-0.1, -0.05) is 17.9 Å². The van der Waals surface area contributed by atoms with Gasteiger partial charge in [0.05, 0.1) is 59.2 Å². The molecule has 1 aromatic carbocycles. The molecule has 0 spiro atoms. The van der Waals surface area contributed by atoms with Gasteiger partial charge < -0.3 is 31.3 Å². The summed E-state index contributed by atoms with van der Waals surface area (Å²) in [5.74, 6) is 6.99. The Labute approximate surface area is 348 Å². The predicted octanol–water partition coefficient (Wildman–Crippen LogP) is 0.990. The van der Waals surface area contributed by atoms with Gasteiger partial charge in [0.25, 0.3) is 5.91 Å². The standard InChI is InChI=1S/C43H54N12O5/c1-27(45)34(48-41(57)33(22-44)40-46-15-14-37(49-40)54-25-32-21-31(54)26-60-32)23-47-30-10-8-28(9-11-30)24-53-19-17-52(18-20-53)16-4-6-29-5-3-7-35-39(29)51(2)43(59)55(35)36-12-13-38(56)50-42(36)58/h3,5,7,14-15,22-23,28,30-32,36H,8-13,16-21,24-26,44-45H2,1-2H3,(H,48,57)(H,50,56,58)/t28?,30?,31-,32-,36?/m1/s1. The number of anilines is 1. The van der Waals surface area contributed by atoms with Gasteiger partial charge in [0, 0.05) is 77.0 Å². The van der Waals surface area contributed by atoms with Crippen LogP contribution < -0.4 is 32.7 Å². The number of nitrogens with zero attached hydrogens (tertiary/aromatic N) is 8. The van der Waals surface area contributed by atoms with Gasteiger partial charge >= 0.3 is 5.69 Å². The van der Waals surface area contributed by atoms with Crippen molar-refractivity contribution in [2.45, 2.75) is 76.1 Å². The molecule has 60 heavy (non-hydrogen) atoms. The van der Waals surface area contributed by atoms with E-state index in [1.807, 2.05) is 24.3 Å². The molecule has 4 aliphatic heterocycles. The maximum absolute atomic E-state index is 13.4. The summed E-state index contributed by atoms with van der Waals surface area (Å²) in [6.07, 6.45) is 10.3. The van der Waals surface area contributed by atoms with E-state index >= 15 is 0 Å². The number of hydrogen-bond donors (Lipinski definition) is 4. The zero-order chi connectivity index (χ0) is 41.9. The van der Waals surface area contributed by atoms with Crippen LogP contribution in [0.2, 0.25) is 0 Å². The minimum atomic E-state index is -0.731. The van der Waals surface area contributed by atoms with Crippen molar-refractivity contribution in [3.63, 3.8) is 0 Å². The lowest BCUT2D eigenvalue weighted by molar-refractivity contribution is -0.135. The van der Waals surface area contributed by atoms with Crippen LogP contribution in [0.1, 0.15) is 69.3 Å². The van der Waals surface area contributed by atoms with E-state index < -0.39 is 17.9 Å². The van der Waals surface area contributed by atoms with Crippen LogP contribution in [0.3, 0.4) is 0 Å². The lowest BCUT2D eigenvalue weighted by Gasteiger charge is -2.37. The highest BCUT2D eigenvalue weighted by Crippen LogP contribution is 2.32. The summed E-state index contributed by atoms with van der Waals surface area (Å²) in [7, 11) is 1.69. The summed E-state index contributed by atoms with van der Waals surface area (Å²) < 4.78 is 8.75. The van der Waals surface area contributed by atoms with E-state index in [1.165, 1.54) is 10.8 Å². The van der Waals surface area contributed by atoms with Crippen molar-refractivity contribution >= 4 is 46.4 Å². The first-order valence-corrected chi connectivity index (χ1v) is 21.0. The molecule has 1 aliphatic carbocycles. The predicted molar refractivity (Wildman–Crippen MR) is 227 cm³/mol. The normalized spacial score (nSPS) is 25.7. The molecule has 1 saturated carbocycles. The number of morpholine rings is 1. The molecular formula is C43H54N12O5. The second-order valence-electron chi connectivity index (χ2n) is 16.5. The molecule has 2 aromatic heterocycles. The highest BCUT2D eigenvalue weighted by atomic mass is 16.5. The topological polar surface area (TPSA) is 211 Å². The van der Waals surface area contributed by atoms with E-state index in [4.69, 9.17) is 21.2 Å². The number of benzene rings is 1. The minimum Gasteiger partial charge on any atom is -0.404 e. The van der Waals surface area contributed by atoms with Crippen LogP contribution >= 0.6 is 0 Å². The Kier molecular flexibility index (Phi) is 12.1. The monoisotopic (exact) mass is 818 g/mol. The van der Waals surface area contributed by atoms with Gasteiger partial charge in [-0.2, -0.15) is 0 Å². The number of para-hydroxylation sites is 1. The third kappa shape index (κ3) is 8.72. The number of aryl methyl sites for hydroxylation is 1.